The average Bonchev–Trinajstić information content (AvgIpc) is 3.37. The van der Waals surface area contributed by atoms with Crippen molar-refractivity contribution in [2.45, 2.75) is 18.8 Å². The molecule has 0 spiro atoms. The number of hydrogen-bond acceptors (Lipinski definition) is 6. The Morgan fingerprint density at radius 1 is 1.26 bits per heavy atom. The third-order valence-corrected chi connectivity index (χ3v) is 6.34. The van der Waals surface area contributed by atoms with E-state index < -0.39 is 0 Å². The van der Waals surface area contributed by atoms with E-state index in [1.54, 1.807) is 28.4 Å². The molecule has 9 heteroatoms. The first-order valence-electron chi connectivity index (χ1n) is 8.30. The Bertz CT molecular complexity index is 956. The van der Waals surface area contributed by atoms with Gasteiger partial charge in [0.1, 0.15) is 5.01 Å². The normalized spacial score (nSPS) is 16.7. The minimum Gasteiger partial charge on any atom is -0.312 e. The van der Waals surface area contributed by atoms with Gasteiger partial charge < -0.3 is 10.2 Å². The number of carbonyl (C=O) groups excluding carboxylic acids is 2. The Kier molecular flexibility index (Phi) is 5.20. The number of aromatic nitrogens is 2. The molecule has 1 atom stereocenters. The summed E-state index contributed by atoms with van der Waals surface area (Å²) in [5.74, 6) is -0.111. The number of halogens is 1. The van der Waals surface area contributed by atoms with Crippen LogP contribution in [0.3, 0.4) is 0 Å². The maximum Gasteiger partial charge on any atom is 0.231 e. The van der Waals surface area contributed by atoms with Crippen molar-refractivity contribution in [3.8, 4) is 0 Å². The van der Waals surface area contributed by atoms with Crippen molar-refractivity contribution in [1.29, 1.82) is 0 Å². The van der Waals surface area contributed by atoms with Crippen LogP contribution in [0.1, 0.15) is 22.2 Å². The second-order valence-electron chi connectivity index (χ2n) is 6.13. The van der Waals surface area contributed by atoms with Gasteiger partial charge in [-0.25, -0.2) is 0 Å². The second kappa shape index (κ2) is 7.75. The van der Waals surface area contributed by atoms with Gasteiger partial charge >= 0.3 is 0 Å². The van der Waals surface area contributed by atoms with Crippen LogP contribution in [-0.4, -0.2) is 28.6 Å². The first-order chi connectivity index (χ1) is 13.1. The highest BCUT2D eigenvalue weighted by Gasteiger charge is 2.34. The smallest absolute Gasteiger partial charge is 0.231 e. The van der Waals surface area contributed by atoms with Crippen LogP contribution in [0.2, 0.25) is 5.02 Å². The lowest BCUT2D eigenvalue weighted by molar-refractivity contribution is -0.117. The fourth-order valence-electron chi connectivity index (χ4n) is 2.93. The largest absolute Gasteiger partial charge is 0.312 e. The Hall–Kier alpha value is -2.29. The van der Waals surface area contributed by atoms with E-state index in [0.29, 0.717) is 29.5 Å². The lowest BCUT2D eigenvalue weighted by Crippen LogP contribution is -2.24. The van der Waals surface area contributed by atoms with E-state index in [2.05, 4.69) is 15.5 Å². The van der Waals surface area contributed by atoms with Crippen LogP contribution in [-0.2, 0) is 16.0 Å². The predicted molar refractivity (Wildman–Crippen MR) is 108 cm³/mol. The summed E-state index contributed by atoms with van der Waals surface area (Å²) in [6.07, 6.45) is 0.694. The molecule has 6 nitrogen and oxygen atoms in total. The Balaban J connectivity index is 1.40. The van der Waals surface area contributed by atoms with E-state index in [0.717, 1.165) is 15.6 Å². The van der Waals surface area contributed by atoms with Gasteiger partial charge in [0.2, 0.25) is 16.9 Å². The molecule has 0 saturated carbocycles. The summed E-state index contributed by atoms with van der Waals surface area (Å²) in [5.41, 5.74) is 0.820. The fraction of sp³-hybridized carbons (Fsp3) is 0.222. The van der Waals surface area contributed by atoms with Gasteiger partial charge in [0, 0.05) is 34.5 Å². The number of thiophene rings is 1. The summed E-state index contributed by atoms with van der Waals surface area (Å²) in [6, 6.07) is 11.0. The van der Waals surface area contributed by atoms with Crippen molar-refractivity contribution < 1.29 is 9.59 Å². The van der Waals surface area contributed by atoms with Crippen LogP contribution in [0.4, 0.5) is 10.8 Å². The van der Waals surface area contributed by atoms with Gasteiger partial charge in [-0.3, -0.25) is 9.59 Å². The Morgan fingerprint density at radius 2 is 2.07 bits per heavy atom. The molecule has 0 bridgehead atoms. The van der Waals surface area contributed by atoms with E-state index in [1.165, 1.54) is 11.3 Å². The summed E-state index contributed by atoms with van der Waals surface area (Å²) >= 11 is 8.78. The van der Waals surface area contributed by atoms with Gasteiger partial charge in [0.25, 0.3) is 0 Å². The zero-order chi connectivity index (χ0) is 18.8. The first kappa shape index (κ1) is 18.1. The molecule has 1 aliphatic rings. The monoisotopic (exact) mass is 418 g/mol. The summed E-state index contributed by atoms with van der Waals surface area (Å²) in [5, 5.41) is 14.8. The third kappa shape index (κ3) is 4.18. The lowest BCUT2D eigenvalue weighted by Gasteiger charge is -2.16. The molecule has 2 aromatic heterocycles. The Labute approximate surface area is 168 Å². The molecule has 0 unspecified atom stereocenters. The zero-order valence-electron chi connectivity index (χ0n) is 14.1. The van der Waals surface area contributed by atoms with Crippen LogP contribution in [0.25, 0.3) is 0 Å². The molecule has 27 heavy (non-hydrogen) atoms. The standard InChI is InChI=1S/C18H15ClN4O2S2/c19-12-3-5-13(6-4-12)23-10-11(8-16(23)25)17-21-22-18(27-17)20-15(24)9-14-2-1-7-26-14/h1-7,11H,8-10H2,(H,20,22,24)/t11-/m1/s1. The number of benzene rings is 1. The minimum absolute atomic E-state index is 0.0337. The molecule has 1 aromatic carbocycles. The summed E-state index contributed by atoms with van der Waals surface area (Å²) < 4.78 is 0. The minimum atomic E-state index is -0.120. The topological polar surface area (TPSA) is 75.2 Å². The molecule has 3 heterocycles. The van der Waals surface area contributed by atoms with E-state index in [9.17, 15) is 9.59 Å². The molecule has 1 saturated heterocycles. The van der Waals surface area contributed by atoms with Gasteiger partial charge in [0.15, 0.2) is 0 Å². The number of anilines is 2. The second-order valence-corrected chi connectivity index (χ2v) is 8.61. The number of hydrogen-bond donors (Lipinski definition) is 1. The molecule has 0 radical (unpaired) electrons. The van der Waals surface area contributed by atoms with Gasteiger partial charge in [-0.1, -0.05) is 29.0 Å². The van der Waals surface area contributed by atoms with Gasteiger partial charge in [-0.05, 0) is 35.7 Å². The first-order valence-corrected chi connectivity index (χ1v) is 10.4. The molecule has 3 aromatic rings. The number of rotatable bonds is 5. The van der Waals surface area contributed by atoms with E-state index in [4.69, 9.17) is 11.6 Å². The molecule has 4 rings (SSSR count). The van der Waals surface area contributed by atoms with Crippen LogP contribution < -0.4 is 10.2 Å². The number of nitrogens with one attached hydrogen (secondary N) is 1. The highest BCUT2D eigenvalue weighted by Crippen LogP contribution is 2.34. The van der Waals surface area contributed by atoms with Crippen molar-refractivity contribution in [2.24, 2.45) is 0 Å². The molecular formula is C18H15ClN4O2S2. The van der Waals surface area contributed by atoms with Crippen molar-refractivity contribution in [3.63, 3.8) is 0 Å². The van der Waals surface area contributed by atoms with Crippen LogP contribution in [0.15, 0.2) is 41.8 Å². The highest BCUT2D eigenvalue weighted by molar-refractivity contribution is 7.15. The number of amides is 2. The van der Waals surface area contributed by atoms with Crippen molar-refractivity contribution in [2.75, 3.05) is 16.8 Å². The number of nitrogens with zero attached hydrogens (tertiary/aromatic N) is 3. The maximum atomic E-state index is 12.4. The van der Waals surface area contributed by atoms with Crippen LogP contribution in [0.5, 0.6) is 0 Å². The van der Waals surface area contributed by atoms with Gasteiger partial charge in [-0.15, -0.1) is 21.5 Å². The maximum absolute atomic E-state index is 12.4. The predicted octanol–water partition coefficient (Wildman–Crippen LogP) is 3.95. The third-order valence-electron chi connectivity index (χ3n) is 4.21. The van der Waals surface area contributed by atoms with Crippen LogP contribution >= 0.6 is 34.3 Å². The molecule has 138 valence electrons. The van der Waals surface area contributed by atoms with Gasteiger partial charge in [-0.2, -0.15) is 0 Å². The molecule has 1 N–H and O–H groups in total. The average molecular weight is 419 g/mol. The molecule has 1 aliphatic heterocycles. The van der Waals surface area contributed by atoms with Crippen molar-refractivity contribution in [3.05, 3.63) is 56.7 Å². The van der Waals surface area contributed by atoms with E-state index in [1.807, 2.05) is 29.6 Å². The van der Waals surface area contributed by atoms with E-state index >= 15 is 0 Å². The van der Waals surface area contributed by atoms with Gasteiger partial charge in [0.05, 0.1) is 6.42 Å². The van der Waals surface area contributed by atoms with E-state index in [-0.39, 0.29) is 17.7 Å². The Morgan fingerprint density at radius 3 is 2.81 bits per heavy atom. The summed E-state index contributed by atoms with van der Waals surface area (Å²) in [4.78, 5) is 27.2. The summed E-state index contributed by atoms with van der Waals surface area (Å²) in [6.45, 7) is 0.540. The van der Waals surface area contributed by atoms with Crippen molar-refractivity contribution >= 4 is 56.9 Å². The summed E-state index contributed by atoms with van der Waals surface area (Å²) in [7, 11) is 0. The number of carbonyl (C=O) groups is 2. The quantitative estimate of drug-likeness (QED) is 0.680. The molecule has 2 amide bonds. The van der Waals surface area contributed by atoms with Crippen LogP contribution in [0, 0.1) is 0 Å². The zero-order valence-corrected chi connectivity index (χ0v) is 16.5. The SMILES string of the molecule is O=C(Cc1cccs1)Nc1nnc([C@@H]2CC(=O)N(c3ccc(Cl)cc3)C2)s1. The molecule has 1 fully saturated rings. The molecule has 0 aliphatic carbocycles. The fourth-order valence-corrected chi connectivity index (χ4v) is 4.61. The lowest BCUT2D eigenvalue weighted by atomic mass is 10.1. The van der Waals surface area contributed by atoms with Crippen molar-refractivity contribution in [1.82, 2.24) is 10.2 Å². The molecular weight excluding hydrogens is 404 g/mol. The highest BCUT2D eigenvalue weighted by atomic mass is 35.5.